The van der Waals surface area contributed by atoms with Crippen LogP contribution in [-0.2, 0) is 0 Å². The van der Waals surface area contributed by atoms with E-state index in [0.29, 0.717) is 12.1 Å². The van der Waals surface area contributed by atoms with Gasteiger partial charge in [0.25, 0.3) is 11.8 Å². The molecule has 1 aromatic carbocycles. The van der Waals surface area contributed by atoms with Crippen molar-refractivity contribution in [1.29, 1.82) is 0 Å². The van der Waals surface area contributed by atoms with Crippen molar-refractivity contribution in [2.45, 2.75) is 30.9 Å². The molecule has 7 heteroatoms. The van der Waals surface area contributed by atoms with Crippen LogP contribution in [0.15, 0.2) is 24.3 Å². The Balaban J connectivity index is 1.64. The molecule has 0 aliphatic carbocycles. The largest absolute Gasteiger partial charge is 0.390 e. The van der Waals surface area contributed by atoms with Gasteiger partial charge in [0, 0.05) is 44.6 Å². The van der Waals surface area contributed by atoms with Gasteiger partial charge in [0.2, 0.25) is 0 Å². The molecule has 4 nitrogen and oxygen atoms in total. The van der Waals surface area contributed by atoms with Crippen LogP contribution in [0.1, 0.15) is 23.2 Å². The Bertz CT molecular complexity index is 569. The standard InChI is InChI=1S/C16H19F3N2O2/c17-12-3-1-11(2-4-12)15(23)21-9-13(14(22)10-21)20-7-5-16(18,19)6-8-20/h1-4,13-14,22H,5-10H2/t13-,14-/m1/s1. The van der Waals surface area contributed by atoms with Gasteiger partial charge in [-0.25, -0.2) is 13.2 Å². The average molecular weight is 328 g/mol. The smallest absolute Gasteiger partial charge is 0.254 e. The van der Waals surface area contributed by atoms with Crippen molar-refractivity contribution in [1.82, 2.24) is 9.80 Å². The van der Waals surface area contributed by atoms with Gasteiger partial charge >= 0.3 is 0 Å². The first-order valence-electron chi connectivity index (χ1n) is 7.70. The van der Waals surface area contributed by atoms with Crippen LogP contribution in [-0.4, -0.2) is 65.1 Å². The second-order valence-corrected chi connectivity index (χ2v) is 6.24. The maximum atomic E-state index is 13.2. The van der Waals surface area contributed by atoms with Crippen LogP contribution < -0.4 is 0 Å². The van der Waals surface area contributed by atoms with Gasteiger partial charge in [-0.3, -0.25) is 9.69 Å². The lowest BCUT2D eigenvalue weighted by Crippen LogP contribution is -2.49. The van der Waals surface area contributed by atoms with Crippen LogP contribution in [0.3, 0.4) is 0 Å². The topological polar surface area (TPSA) is 43.8 Å². The molecule has 2 heterocycles. The zero-order valence-electron chi connectivity index (χ0n) is 12.6. The number of β-amino-alcohol motifs (C(OH)–C–C–N with tert-alkyl or cyclic N) is 1. The molecule has 2 saturated heterocycles. The van der Waals surface area contributed by atoms with E-state index in [9.17, 15) is 23.1 Å². The van der Waals surface area contributed by atoms with E-state index < -0.39 is 17.8 Å². The minimum absolute atomic E-state index is 0.160. The number of halogens is 3. The number of aliphatic hydroxyl groups is 1. The number of carbonyl (C=O) groups excluding carboxylic acids is 1. The third kappa shape index (κ3) is 3.50. The molecular formula is C16H19F3N2O2. The first kappa shape index (κ1) is 16.3. The van der Waals surface area contributed by atoms with Crippen molar-refractivity contribution in [3.8, 4) is 0 Å². The molecular weight excluding hydrogens is 309 g/mol. The van der Waals surface area contributed by atoms with Crippen LogP contribution in [0.5, 0.6) is 0 Å². The Morgan fingerprint density at radius 3 is 2.35 bits per heavy atom. The molecule has 2 atom stereocenters. The predicted molar refractivity (Wildman–Crippen MR) is 77.9 cm³/mol. The highest BCUT2D eigenvalue weighted by molar-refractivity contribution is 5.94. The minimum atomic E-state index is -2.64. The summed E-state index contributed by atoms with van der Waals surface area (Å²) in [4.78, 5) is 15.7. The monoisotopic (exact) mass is 328 g/mol. The highest BCUT2D eigenvalue weighted by Gasteiger charge is 2.42. The fourth-order valence-corrected chi connectivity index (χ4v) is 3.25. The Labute approximate surface area is 132 Å². The highest BCUT2D eigenvalue weighted by atomic mass is 19.3. The molecule has 3 rings (SSSR count). The molecule has 0 bridgehead atoms. The number of likely N-dealkylation sites (tertiary alicyclic amines) is 2. The van der Waals surface area contributed by atoms with Gasteiger partial charge < -0.3 is 10.0 Å². The minimum Gasteiger partial charge on any atom is -0.390 e. The van der Waals surface area contributed by atoms with Gasteiger partial charge in [0.1, 0.15) is 5.82 Å². The van der Waals surface area contributed by atoms with Crippen molar-refractivity contribution in [3.63, 3.8) is 0 Å². The quantitative estimate of drug-likeness (QED) is 0.899. The lowest BCUT2D eigenvalue weighted by molar-refractivity contribution is -0.0697. The van der Waals surface area contributed by atoms with E-state index in [1.807, 2.05) is 4.90 Å². The number of alkyl halides is 2. The lowest BCUT2D eigenvalue weighted by Gasteiger charge is -2.36. The third-order valence-corrected chi connectivity index (χ3v) is 4.64. The van der Waals surface area contributed by atoms with E-state index in [-0.39, 0.29) is 44.4 Å². The SMILES string of the molecule is O=C(c1ccc(F)cc1)N1C[C@@H](O)[C@H](N2CCC(F)(F)CC2)C1. The molecule has 126 valence electrons. The molecule has 0 radical (unpaired) electrons. The Morgan fingerprint density at radius 2 is 1.74 bits per heavy atom. The normalized spacial score (nSPS) is 28.1. The second-order valence-electron chi connectivity index (χ2n) is 6.24. The number of amides is 1. The number of carbonyl (C=O) groups is 1. The van der Waals surface area contributed by atoms with Crippen LogP contribution in [0.4, 0.5) is 13.2 Å². The van der Waals surface area contributed by atoms with E-state index in [4.69, 9.17) is 0 Å². The summed E-state index contributed by atoms with van der Waals surface area (Å²) in [5.41, 5.74) is 0.351. The number of piperidine rings is 1. The predicted octanol–water partition coefficient (Wildman–Crippen LogP) is 1.74. The van der Waals surface area contributed by atoms with Gasteiger partial charge in [-0.05, 0) is 24.3 Å². The molecule has 2 fully saturated rings. The summed E-state index contributed by atoms with van der Waals surface area (Å²) < 4.78 is 39.4. The fraction of sp³-hybridized carbons (Fsp3) is 0.562. The molecule has 1 aromatic rings. The Hall–Kier alpha value is -1.60. The molecule has 1 amide bonds. The van der Waals surface area contributed by atoms with E-state index in [0.717, 1.165) is 0 Å². The van der Waals surface area contributed by atoms with Gasteiger partial charge in [-0.1, -0.05) is 0 Å². The number of hydrogen-bond acceptors (Lipinski definition) is 3. The van der Waals surface area contributed by atoms with Crippen LogP contribution in [0.2, 0.25) is 0 Å². The first-order chi connectivity index (χ1) is 10.9. The maximum Gasteiger partial charge on any atom is 0.254 e. The maximum absolute atomic E-state index is 13.2. The van der Waals surface area contributed by atoms with Gasteiger partial charge in [-0.15, -0.1) is 0 Å². The second kappa shape index (κ2) is 6.13. The summed E-state index contributed by atoms with van der Waals surface area (Å²) in [7, 11) is 0. The molecule has 2 aliphatic heterocycles. The Kier molecular flexibility index (Phi) is 4.33. The van der Waals surface area contributed by atoms with Crippen molar-refractivity contribution in [2.75, 3.05) is 26.2 Å². The van der Waals surface area contributed by atoms with Gasteiger partial charge in [0.05, 0.1) is 12.1 Å². The van der Waals surface area contributed by atoms with Crippen molar-refractivity contribution >= 4 is 5.91 Å². The van der Waals surface area contributed by atoms with Gasteiger partial charge in [0.15, 0.2) is 0 Å². The number of nitrogens with zero attached hydrogens (tertiary/aromatic N) is 2. The van der Waals surface area contributed by atoms with E-state index >= 15 is 0 Å². The number of rotatable bonds is 2. The molecule has 0 saturated carbocycles. The first-order valence-corrected chi connectivity index (χ1v) is 7.70. The molecule has 1 N–H and O–H groups in total. The number of hydrogen-bond donors (Lipinski definition) is 1. The Morgan fingerprint density at radius 1 is 1.13 bits per heavy atom. The number of aliphatic hydroxyl groups excluding tert-OH is 1. The number of benzene rings is 1. The average Bonchev–Trinajstić information content (AvgIpc) is 2.89. The van der Waals surface area contributed by atoms with E-state index in [1.54, 1.807) is 0 Å². The summed E-state index contributed by atoms with van der Waals surface area (Å²) in [6.45, 7) is 0.886. The molecule has 0 unspecified atom stereocenters. The van der Waals surface area contributed by atoms with Crippen LogP contribution >= 0.6 is 0 Å². The van der Waals surface area contributed by atoms with Gasteiger partial charge in [-0.2, -0.15) is 0 Å². The molecule has 0 aromatic heterocycles. The van der Waals surface area contributed by atoms with Crippen LogP contribution in [0, 0.1) is 5.82 Å². The highest BCUT2D eigenvalue weighted by Crippen LogP contribution is 2.30. The van der Waals surface area contributed by atoms with Crippen molar-refractivity contribution in [3.05, 3.63) is 35.6 Å². The summed E-state index contributed by atoms with van der Waals surface area (Å²) >= 11 is 0. The summed E-state index contributed by atoms with van der Waals surface area (Å²) in [6, 6.07) is 4.90. The van der Waals surface area contributed by atoms with Crippen LogP contribution in [0.25, 0.3) is 0 Å². The lowest BCUT2D eigenvalue weighted by atomic mass is 10.0. The summed E-state index contributed by atoms with van der Waals surface area (Å²) in [5.74, 6) is -3.34. The third-order valence-electron chi connectivity index (χ3n) is 4.64. The molecule has 23 heavy (non-hydrogen) atoms. The molecule has 2 aliphatic rings. The zero-order valence-corrected chi connectivity index (χ0v) is 12.6. The van der Waals surface area contributed by atoms with E-state index in [2.05, 4.69) is 0 Å². The van der Waals surface area contributed by atoms with E-state index in [1.165, 1.54) is 29.2 Å². The van der Waals surface area contributed by atoms with Crippen molar-refractivity contribution in [2.24, 2.45) is 0 Å². The zero-order chi connectivity index (χ0) is 16.6. The van der Waals surface area contributed by atoms with Crippen molar-refractivity contribution < 1.29 is 23.1 Å². The fourth-order valence-electron chi connectivity index (χ4n) is 3.25. The molecule has 0 spiro atoms. The summed E-state index contributed by atoms with van der Waals surface area (Å²) in [5, 5.41) is 10.2. The summed E-state index contributed by atoms with van der Waals surface area (Å²) in [6.07, 6.45) is -1.20.